The van der Waals surface area contributed by atoms with Gasteiger partial charge in [-0.2, -0.15) is 0 Å². The number of aromatic carboxylic acids is 1. The third kappa shape index (κ3) is 2.82. The summed E-state index contributed by atoms with van der Waals surface area (Å²) in [6, 6.07) is 0. The van der Waals surface area contributed by atoms with Gasteiger partial charge in [0.15, 0.2) is 5.69 Å². The van der Waals surface area contributed by atoms with E-state index in [1.54, 1.807) is 11.3 Å². The second-order valence-electron chi connectivity index (χ2n) is 6.20. The Bertz CT molecular complexity index is 669. The molecule has 1 N–H and O–H groups in total. The Balaban J connectivity index is 2.70. The quantitative estimate of drug-likeness (QED) is 0.933. The fraction of sp³-hybridized carbons (Fsp3) is 0.533. The van der Waals surface area contributed by atoms with Crippen LogP contribution in [0.15, 0.2) is 0 Å². The largest absolute Gasteiger partial charge is 0.476 e. The monoisotopic (exact) mass is 292 g/mol. The fourth-order valence-electron chi connectivity index (χ4n) is 2.35. The first-order valence-corrected chi connectivity index (χ1v) is 7.56. The number of rotatable bonds is 3. The van der Waals surface area contributed by atoms with E-state index < -0.39 is 5.97 Å². The molecule has 5 heteroatoms. The van der Waals surface area contributed by atoms with Crippen molar-refractivity contribution in [1.82, 2.24) is 9.97 Å². The minimum absolute atomic E-state index is 0.0311. The molecule has 0 fully saturated rings. The second-order valence-corrected chi connectivity index (χ2v) is 7.40. The molecule has 0 unspecified atom stereocenters. The molecule has 0 aliphatic heterocycles. The molecule has 2 heterocycles. The lowest BCUT2D eigenvalue weighted by atomic mass is 9.92. The van der Waals surface area contributed by atoms with Crippen molar-refractivity contribution in [1.29, 1.82) is 0 Å². The molecule has 0 radical (unpaired) electrons. The highest BCUT2D eigenvalue weighted by Crippen LogP contribution is 2.32. The predicted molar refractivity (Wildman–Crippen MR) is 81.6 cm³/mol. The second kappa shape index (κ2) is 5.13. The van der Waals surface area contributed by atoms with E-state index in [-0.39, 0.29) is 11.1 Å². The van der Waals surface area contributed by atoms with Crippen LogP contribution < -0.4 is 0 Å². The van der Waals surface area contributed by atoms with Crippen molar-refractivity contribution in [3.8, 4) is 0 Å². The van der Waals surface area contributed by atoms with E-state index in [4.69, 9.17) is 0 Å². The van der Waals surface area contributed by atoms with Gasteiger partial charge in [-0.25, -0.2) is 14.8 Å². The molecule has 0 amide bonds. The summed E-state index contributed by atoms with van der Waals surface area (Å²) in [5, 5.41) is 10.2. The Kier molecular flexibility index (Phi) is 3.82. The van der Waals surface area contributed by atoms with Gasteiger partial charge in [-0.3, -0.25) is 0 Å². The molecule has 2 aromatic heterocycles. The third-order valence-corrected chi connectivity index (χ3v) is 4.18. The Morgan fingerprint density at radius 2 is 1.95 bits per heavy atom. The van der Waals surface area contributed by atoms with Crippen molar-refractivity contribution in [2.24, 2.45) is 5.41 Å². The summed E-state index contributed by atoms with van der Waals surface area (Å²) < 4.78 is 0. The maximum absolute atomic E-state index is 11.5. The highest BCUT2D eigenvalue weighted by atomic mass is 32.1. The normalized spacial score (nSPS) is 12.1. The van der Waals surface area contributed by atoms with Crippen LogP contribution in [0.5, 0.6) is 0 Å². The van der Waals surface area contributed by atoms with Crippen LogP contribution in [0.1, 0.15) is 54.4 Å². The number of hydrogen-bond acceptors (Lipinski definition) is 4. The third-order valence-electron chi connectivity index (χ3n) is 3.14. The van der Waals surface area contributed by atoms with Crippen LogP contribution in [0.4, 0.5) is 0 Å². The molecule has 0 saturated heterocycles. The first-order valence-electron chi connectivity index (χ1n) is 6.75. The van der Waals surface area contributed by atoms with Gasteiger partial charge in [-0.05, 0) is 24.3 Å². The molecule has 20 heavy (non-hydrogen) atoms. The summed E-state index contributed by atoms with van der Waals surface area (Å²) in [5.41, 5.74) is 1.24. The van der Waals surface area contributed by atoms with Crippen LogP contribution in [-0.4, -0.2) is 21.0 Å². The zero-order valence-corrected chi connectivity index (χ0v) is 13.4. The SMILES string of the molecule is CCc1c(C)sc2nc(CC(C)(C)C)nc(C(=O)O)c12. The Morgan fingerprint density at radius 1 is 1.30 bits per heavy atom. The van der Waals surface area contributed by atoms with Gasteiger partial charge in [-0.15, -0.1) is 11.3 Å². The lowest BCUT2D eigenvalue weighted by molar-refractivity contribution is 0.0692. The molecule has 0 saturated carbocycles. The number of thiophene rings is 1. The molecule has 0 aliphatic rings. The fourth-order valence-corrected chi connectivity index (χ4v) is 3.48. The summed E-state index contributed by atoms with van der Waals surface area (Å²) in [4.78, 5) is 22.3. The van der Waals surface area contributed by atoms with Crippen LogP contribution >= 0.6 is 11.3 Å². The van der Waals surface area contributed by atoms with E-state index in [2.05, 4.69) is 30.7 Å². The van der Waals surface area contributed by atoms with Crippen molar-refractivity contribution in [2.75, 3.05) is 0 Å². The number of fused-ring (bicyclic) bond motifs is 1. The maximum Gasteiger partial charge on any atom is 0.355 e. The summed E-state index contributed by atoms with van der Waals surface area (Å²) >= 11 is 1.56. The first kappa shape index (κ1) is 14.9. The first-order chi connectivity index (χ1) is 9.23. The van der Waals surface area contributed by atoms with Crippen LogP contribution in [0.3, 0.4) is 0 Å². The van der Waals surface area contributed by atoms with Gasteiger partial charge in [0.25, 0.3) is 0 Å². The molecule has 0 atom stereocenters. The lowest BCUT2D eigenvalue weighted by Gasteiger charge is -2.16. The molecule has 2 rings (SSSR count). The molecule has 108 valence electrons. The summed E-state index contributed by atoms with van der Waals surface area (Å²) in [6.07, 6.45) is 1.47. The summed E-state index contributed by atoms with van der Waals surface area (Å²) in [5.74, 6) is -0.355. The molecular weight excluding hydrogens is 272 g/mol. The molecule has 0 aliphatic carbocycles. The van der Waals surface area contributed by atoms with E-state index in [0.29, 0.717) is 12.2 Å². The van der Waals surface area contributed by atoms with Gasteiger partial charge in [-0.1, -0.05) is 27.7 Å². The molecule has 2 aromatic rings. The number of aryl methyl sites for hydroxylation is 2. The molecule has 0 aromatic carbocycles. The van der Waals surface area contributed by atoms with Gasteiger partial charge in [0, 0.05) is 16.7 Å². The van der Waals surface area contributed by atoms with E-state index in [1.165, 1.54) is 0 Å². The summed E-state index contributed by atoms with van der Waals surface area (Å²) in [6.45, 7) is 10.3. The van der Waals surface area contributed by atoms with Crippen LogP contribution in [0.2, 0.25) is 0 Å². The van der Waals surface area contributed by atoms with Crippen LogP contribution in [-0.2, 0) is 12.8 Å². The van der Waals surface area contributed by atoms with E-state index in [0.717, 1.165) is 27.1 Å². The topological polar surface area (TPSA) is 63.1 Å². The van der Waals surface area contributed by atoms with Crippen LogP contribution in [0, 0.1) is 12.3 Å². The van der Waals surface area contributed by atoms with Crippen molar-refractivity contribution in [2.45, 2.75) is 47.5 Å². The van der Waals surface area contributed by atoms with Crippen LogP contribution in [0.25, 0.3) is 10.2 Å². The predicted octanol–water partition coefficient (Wildman–Crippen LogP) is 3.85. The minimum atomic E-state index is -0.972. The van der Waals surface area contributed by atoms with Gasteiger partial charge < -0.3 is 5.11 Å². The number of carbonyl (C=O) groups is 1. The van der Waals surface area contributed by atoms with Crippen molar-refractivity contribution in [3.63, 3.8) is 0 Å². The number of nitrogens with zero attached hydrogens (tertiary/aromatic N) is 2. The summed E-state index contributed by atoms with van der Waals surface area (Å²) in [7, 11) is 0. The zero-order valence-electron chi connectivity index (χ0n) is 12.6. The number of aromatic nitrogens is 2. The van der Waals surface area contributed by atoms with Gasteiger partial charge in [0.05, 0.1) is 0 Å². The van der Waals surface area contributed by atoms with Crippen molar-refractivity contribution >= 4 is 27.5 Å². The van der Waals surface area contributed by atoms with Gasteiger partial charge >= 0.3 is 5.97 Å². The highest BCUT2D eigenvalue weighted by Gasteiger charge is 2.22. The highest BCUT2D eigenvalue weighted by molar-refractivity contribution is 7.18. The van der Waals surface area contributed by atoms with E-state index in [1.807, 2.05) is 13.8 Å². The van der Waals surface area contributed by atoms with E-state index in [9.17, 15) is 9.90 Å². The molecular formula is C15H20N2O2S. The average Bonchev–Trinajstić information content (AvgIpc) is 2.60. The smallest absolute Gasteiger partial charge is 0.355 e. The zero-order chi connectivity index (χ0) is 15.1. The minimum Gasteiger partial charge on any atom is -0.476 e. The number of carboxylic acids is 1. The maximum atomic E-state index is 11.5. The van der Waals surface area contributed by atoms with E-state index >= 15 is 0 Å². The molecule has 4 nitrogen and oxygen atoms in total. The Labute approximate surface area is 122 Å². The Hall–Kier alpha value is -1.49. The lowest BCUT2D eigenvalue weighted by Crippen LogP contribution is -2.14. The molecule has 0 spiro atoms. The standard InChI is InChI=1S/C15H20N2O2S/c1-6-9-8(2)20-13-11(9)12(14(18)19)16-10(17-13)7-15(3,4)5/h6-7H2,1-5H3,(H,18,19). The van der Waals surface area contributed by atoms with Gasteiger partial charge in [0.2, 0.25) is 0 Å². The Morgan fingerprint density at radius 3 is 2.45 bits per heavy atom. The number of carboxylic acid groups (broad SMARTS) is 1. The number of hydrogen-bond donors (Lipinski definition) is 1. The van der Waals surface area contributed by atoms with Crippen molar-refractivity contribution in [3.05, 3.63) is 22.0 Å². The molecule has 0 bridgehead atoms. The van der Waals surface area contributed by atoms with Crippen molar-refractivity contribution < 1.29 is 9.90 Å². The average molecular weight is 292 g/mol. The van der Waals surface area contributed by atoms with Gasteiger partial charge in [0.1, 0.15) is 10.7 Å².